The smallest absolute Gasteiger partial charge is 0.407 e. The van der Waals surface area contributed by atoms with Crippen molar-refractivity contribution < 1.29 is 15.0 Å². The summed E-state index contributed by atoms with van der Waals surface area (Å²) in [5.74, 6) is 0. The molecule has 0 rings (SSSR count). The van der Waals surface area contributed by atoms with Crippen LogP contribution in [0.2, 0.25) is 0 Å². The number of aliphatic hydroxyl groups excluding tert-OH is 1. The maximum atomic E-state index is 10.8. The van der Waals surface area contributed by atoms with Gasteiger partial charge in [-0.1, -0.05) is 0 Å². The molecule has 4 N–H and O–H groups in total. The molecule has 0 saturated carbocycles. The maximum absolute atomic E-state index is 10.8. The number of hydrogen-bond acceptors (Lipinski definition) is 3. The number of carboxylic acid groups (broad SMARTS) is 1. The molecule has 0 spiro atoms. The molecule has 1 unspecified atom stereocenters. The number of nitrogens with two attached hydrogens (primary N) is 1. The number of hydrogen-bond donors (Lipinski definition) is 3. The fourth-order valence-electron chi connectivity index (χ4n) is 0.931. The van der Waals surface area contributed by atoms with E-state index in [1.807, 2.05) is 0 Å². The molecule has 0 aliphatic carbocycles. The molecule has 0 aliphatic rings. The van der Waals surface area contributed by atoms with Gasteiger partial charge in [-0.25, -0.2) is 4.79 Å². The van der Waals surface area contributed by atoms with E-state index < -0.39 is 17.7 Å². The summed E-state index contributed by atoms with van der Waals surface area (Å²) in [4.78, 5) is 12.0. The van der Waals surface area contributed by atoms with E-state index in [0.717, 1.165) is 0 Å². The van der Waals surface area contributed by atoms with Gasteiger partial charge in [-0.3, -0.25) is 0 Å². The standard InChI is InChI=1S/C8H18N2O3/c1-8(2,3)10(7(12)13)4-6(9)5-11/h6,11H,4-5,9H2,1-3H3,(H,12,13). The first-order valence-electron chi connectivity index (χ1n) is 4.16. The molecule has 0 radical (unpaired) electrons. The van der Waals surface area contributed by atoms with Gasteiger partial charge in [0.05, 0.1) is 6.61 Å². The van der Waals surface area contributed by atoms with Crippen molar-refractivity contribution in [3.63, 3.8) is 0 Å². The van der Waals surface area contributed by atoms with Gasteiger partial charge in [0.2, 0.25) is 0 Å². The second-order valence-corrected chi connectivity index (χ2v) is 4.01. The molecule has 0 aromatic carbocycles. The van der Waals surface area contributed by atoms with Crippen molar-refractivity contribution in [3.8, 4) is 0 Å². The van der Waals surface area contributed by atoms with E-state index in [4.69, 9.17) is 15.9 Å². The molecular formula is C8H18N2O3. The van der Waals surface area contributed by atoms with Crippen molar-refractivity contribution >= 4 is 6.09 Å². The molecule has 0 aliphatic heterocycles. The predicted octanol–water partition coefficient (Wildman–Crippen LogP) is 0.0845. The third kappa shape index (κ3) is 4.10. The highest BCUT2D eigenvalue weighted by molar-refractivity contribution is 5.66. The minimum Gasteiger partial charge on any atom is -0.465 e. The van der Waals surface area contributed by atoms with Gasteiger partial charge >= 0.3 is 6.09 Å². The minimum absolute atomic E-state index is 0.148. The van der Waals surface area contributed by atoms with Crippen molar-refractivity contribution in [3.05, 3.63) is 0 Å². The average molecular weight is 190 g/mol. The van der Waals surface area contributed by atoms with Gasteiger partial charge < -0.3 is 20.8 Å². The summed E-state index contributed by atoms with van der Waals surface area (Å²) in [6.45, 7) is 5.29. The SMILES string of the molecule is CC(C)(C)N(CC(N)CO)C(=O)O. The molecule has 0 heterocycles. The summed E-state index contributed by atoms with van der Waals surface area (Å²) < 4.78 is 0. The molecule has 0 fully saturated rings. The highest BCUT2D eigenvalue weighted by atomic mass is 16.4. The Bertz CT molecular complexity index is 177. The van der Waals surface area contributed by atoms with Crippen LogP contribution in [0.4, 0.5) is 4.79 Å². The lowest BCUT2D eigenvalue weighted by molar-refractivity contribution is 0.0899. The largest absolute Gasteiger partial charge is 0.465 e. The first-order chi connectivity index (χ1) is 5.79. The second-order valence-electron chi connectivity index (χ2n) is 4.01. The van der Waals surface area contributed by atoms with Crippen molar-refractivity contribution in [1.29, 1.82) is 0 Å². The van der Waals surface area contributed by atoms with E-state index in [9.17, 15) is 4.79 Å². The number of aliphatic hydroxyl groups is 1. The van der Waals surface area contributed by atoms with Crippen LogP contribution in [0.3, 0.4) is 0 Å². The fraction of sp³-hybridized carbons (Fsp3) is 0.875. The summed E-state index contributed by atoms with van der Waals surface area (Å²) >= 11 is 0. The summed E-state index contributed by atoms with van der Waals surface area (Å²) in [7, 11) is 0. The van der Waals surface area contributed by atoms with Gasteiger partial charge in [-0.15, -0.1) is 0 Å². The van der Waals surface area contributed by atoms with E-state index in [-0.39, 0.29) is 13.2 Å². The van der Waals surface area contributed by atoms with Gasteiger partial charge in [-0.2, -0.15) is 0 Å². The van der Waals surface area contributed by atoms with Crippen molar-refractivity contribution in [2.24, 2.45) is 5.73 Å². The third-order valence-electron chi connectivity index (χ3n) is 1.69. The Balaban J connectivity index is 4.37. The first-order valence-corrected chi connectivity index (χ1v) is 4.16. The molecule has 13 heavy (non-hydrogen) atoms. The van der Waals surface area contributed by atoms with Gasteiger partial charge in [-0.05, 0) is 20.8 Å². The Morgan fingerprint density at radius 3 is 2.23 bits per heavy atom. The van der Waals surface area contributed by atoms with Gasteiger partial charge in [0, 0.05) is 18.1 Å². The number of nitrogens with zero attached hydrogens (tertiary/aromatic N) is 1. The second kappa shape index (κ2) is 4.43. The van der Waals surface area contributed by atoms with Crippen LogP contribution in [0.15, 0.2) is 0 Å². The van der Waals surface area contributed by atoms with Crippen molar-refractivity contribution in [1.82, 2.24) is 4.90 Å². The Kier molecular flexibility index (Phi) is 4.16. The summed E-state index contributed by atoms with van der Waals surface area (Å²) in [5, 5.41) is 17.5. The zero-order chi connectivity index (χ0) is 10.6. The van der Waals surface area contributed by atoms with Crippen LogP contribution in [-0.4, -0.2) is 45.9 Å². The van der Waals surface area contributed by atoms with Gasteiger partial charge in [0.25, 0.3) is 0 Å². The average Bonchev–Trinajstić information content (AvgIpc) is 1.96. The Morgan fingerprint density at radius 1 is 1.54 bits per heavy atom. The Labute approximate surface area is 78.1 Å². The highest BCUT2D eigenvalue weighted by Gasteiger charge is 2.27. The normalized spacial score (nSPS) is 13.9. The quantitative estimate of drug-likeness (QED) is 0.588. The third-order valence-corrected chi connectivity index (χ3v) is 1.69. The van der Waals surface area contributed by atoms with Crippen LogP contribution in [0.5, 0.6) is 0 Å². The van der Waals surface area contributed by atoms with Crippen LogP contribution >= 0.6 is 0 Å². The van der Waals surface area contributed by atoms with E-state index in [0.29, 0.717) is 0 Å². The molecule has 0 aromatic heterocycles. The maximum Gasteiger partial charge on any atom is 0.407 e. The summed E-state index contributed by atoms with van der Waals surface area (Å²) in [6.07, 6.45) is -1.02. The van der Waals surface area contributed by atoms with Crippen LogP contribution in [0.1, 0.15) is 20.8 Å². The lowest BCUT2D eigenvalue weighted by Gasteiger charge is -2.34. The first kappa shape index (κ1) is 12.2. The van der Waals surface area contributed by atoms with Gasteiger partial charge in [0.15, 0.2) is 0 Å². The summed E-state index contributed by atoms with van der Waals surface area (Å²) in [5.41, 5.74) is 4.97. The molecule has 5 heteroatoms. The topological polar surface area (TPSA) is 86.8 Å². The zero-order valence-corrected chi connectivity index (χ0v) is 8.32. The Morgan fingerprint density at radius 2 is 2.00 bits per heavy atom. The van der Waals surface area contributed by atoms with E-state index in [1.54, 1.807) is 20.8 Å². The van der Waals surface area contributed by atoms with E-state index in [1.165, 1.54) is 4.90 Å². The van der Waals surface area contributed by atoms with E-state index in [2.05, 4.69) is 0 Å². The molecule has 0 saturated heterocycles. The molecule has 1 amide bonds. The van der Waals surface area contributed by atoms with Gasteiger partial charge in [0.1, 0.15) is 0 Å². The molecule has 1 atom stereocenters. The molecular weight excluding hydrogens is 172 g/mol. The van der Waals surface area contributed by atoms with Crippen molar-refractivity contribution in [2.45, 2.75) is 32.4 Å². The highest BCUT2D eigenvalue weighted by Crippen LogP contribution is 2.13. The molecule has 5 nitrogen and oxygen atoms in total. The molecule has 78 valence electrons. The monoisotopic (exact) mass is 190 g/mol. The van der Waals surface area contributed by atoms with Crippen molar-refractivity contribution in [2.75, 3.05) is 13.2 Å². The lowest BCUT2D eigenvalue weighted by Crippen LogP contribution is -2.51. The van der Waals surface area contributed by atoms with Crippen LogP contribution in [0, 0.1) is 0 Å². The minimum atomic E-state index is -1.02. The Hall–Kier alpha value is -0.810. The van der Waals surface area contributed by atoms with Crippen LogP contribution in [-0.2, 0) is 0 Å². The van der Waals surface area contributed by atoms with Crippen LogP contribution in [0.25, 0.3) is 0 Å². The molecule has 0 bridgehead atoms. The fourth-order valence-corrected chi connectivity index (χ4v) is 0.931. The zero-order valence-electron chi connectivity index (χ0n) is 8.32. The lowest BCUT2D eigenvalue weighted by atomic mass is 10.1. The molecule has 0 aromatic rings. The summed E-state index contributed by atoms with van der Waals surface area (Å²) in [6, 6.07) is -0.518. The number of rotatable bonds is 3. The van der Waals surface area contributed by atoms with E-state index >= 15 is 0 Å². The number of carbonyl (C=O) groups is 1. The predicted molar refractivity (Wildman–Crippen MR) is 49.5 cm³/mol. The van der Waals surface area contributed by atoms with Crippen LogP contribution < -0.4 is 5.73 Å². The number of amides is 1.